The van der Waals surface area contributed by atoms with E-state index < -0.39 is 7.29 Å². The molecule has 5 heteroatoms. The molecule has 2 fully saturated rings. The summed E-state index contributed by atoms with van der Waals surface area (Å²) in [4.78, 5) is 0. The second-order valence-corrected chi connectivity index (χ2v) is 11.7. The number of rotatable bonds is 7. The minimum atomic E-state index is -3.13. The zero-order chi connectivity index (χ0) is 21.1. The van der Waals surface area contributed by atoms with Gasteiger partial charge in [-0.15, -0.1) is 0 Å². The van der Waals surface area contributed by atoms with Crippen LogP contribution in [0.25, 0.3) is 10.1 Å². The van der Waals surface area contributed by atoms with E-state index >= 15 is 0 Å². The van der Waals surface area contributed by atoms with E-state index in [4.69, 9.17) is 23.2 Å². The molecule has 0 aliphatic heterocycles. The summed E-state index contributed by atoms with van der Waals surface area (Å²) in [5.41, 5.74) is 1.69. The van der Waals surface area contributed by atoms with Crippen molar-refractivity contribution in [2.75, 3.05) is 0 Å². The molecule has 1 N–H and O–H groups in total. The van der Waals surface area contributed by atoms with Crippen molar-refractivity contribution in [1.82, 2.24) is 5.09 Å². The van der Waals surface area contributed by atoms with E-state index in [0.717, 1.165) is 23.0 Å². The Morgan fingerprint density at radius 2 is 1.47 bits per heavy atom. The minimum absolute atomic E-state index is 0.138. The summed E-state index contributed by atoms with van der Waals surface area (Å²) in [5.74, 6) is 5.48. The van der Waals surface area contributed by atoms with Gasteiger partial charge in [-0.05, 0) is 55.1 Å². The van der Waals surface area contributed by atoms with Crippen molar-refractivity contribution in [2.24, 2.45) is 17.8 Å². The number of halogens is 2. The minimum Gasteiger partial charge on any atom is -0.298 e. The molecule has 4 atom stereocenters. The predicted octanol–water partition coefficient (Wildman–Crippen LogP) is 8.15. The third-order valence-corrected chi connectivity index (χ3v) is 9.60. The van der Waals surface area contributed by atoms with Gasteiger partial charge < -0.3 is 0 Å². The summed E-state index contributed by atoms with van der Waals surface area (Å²) in [6.45, 7) is 2.16. The fourth-order valence-electron chi connectivity index (χ4n) is 5.11. The Balaban J connectivity index is 1.64. The molecule has 4 rings (SSSR count). The molecule has 0 spiro atoms. The average Bonchev–Trinajstić information content (AvgIpc) is 3.38. The second-order valence-electron chi connectivity index (χ2n) is 8.65. The van der Waals surface area contributed by atoms with Crippen molar-refractivity contribution in [3.8, 4) is 0 Å². The molecular formula is C25H28Cl2NOP. The topological polar surface area (TPSA) is 29.1 Å². The van der Waals surface area contributed by atoms with Gasteiger partial charge >= 0.3 is 0 Å². The van der Waals surface area contributed by atoms with E-state index in [1.165, 1.54) is 25.7 Å². The summed E-state index contributed by atoms with van der Waals surface area (Å²) >= 11 is 13.2. The molecule has 0 radical (unpaired) electrons. The van der Waals surface area contributed by atoms with Gasteiger partial charge in [0.05, 0.1) is 10.1 Å². The largest absolute Gasteiger partial charge is 0.298 e. The summed E-state index contributed by atoms with van der Waals surface area (Å²) < 4.78 is 14.1. The molecule has 0 aromatic heterocycles. The van der Waals surface area contributed by atoms with Crippen LogP contribution in [0.1, 0.15) is 43.7 Å². The van der Waals surface area contributed by atoms with E-state index in [2.05, 4.69) is 12.0 Å². The molecule has 2 bridgehead atoms. The molecule has 30 heavy (non-hydrogen) atoms. The van der Waals surface area contributed by atoms with Crippen LogP contribution in [0.15, 0.2) is 72.3 Å². The van der Waals surface area contributed by atoms with Crippen LogP contribution in [0.5, 0.6) is 0 Å². The van der Waals surface area contributed by atoms with E-state index in [-0.39, 0.29) is 6.04 Å². The molecule has 0 saturated heterocycles. The SMILES string of the molecule is C[C@H](NP(=O)(/C=C(\Cl)c1ccccc1)/C=C(\Cl)c1ccccc1)[C@H]1C[C@H]2CC[C@H]1C2. The van der Waals surface area contributed by atoms with Crippen molar-refractivity contribution < 1.29 is 4.57 Å². The van der Waals surface area contributed by atoms with E-state index in [1.54, 1.807) is 11.6 Å². The molecule has 2 nitrogen and oxygen atoms in total. The Morgan fingerprint density at radius 1 is 0.933 bits per heavy atom. The van der Waals surface area contributed by atoms with Gasteiger partial charge in [0, 0.05) is 17.7 Å². The molecule has 2 aromatic carbocycles. The lowest BCUT2D eigenvalue weighted by Crippen LogP contribution is -2.33. The normalized spacial score (nSPS) is 25.5. The van der Waals surface area contributed by atoms with Crippen LogP contribution in [-0.4, -0.2) is 6.04 Å². The number of fused-ring (bicyclic) bond motifs is 2. The lowest BCUT2D eigenvalue weighted by Gasteiger charge is -2.30. The van der Waals surface area contributed by atoms with Crippen molar-refractivity contribution in [1.29, 1.82) is 0 Å². The van der Waals surface area contributed by atoms with Crippen molar-refractivity contribution in [3.63, 3.8) is 0 Å². The van der Waals surface area contributed by atoms with Gasteiger partial charge in [-0.3, -0.25) is 9.65 Å². The molecule has 2 aromatic rings. The highest BCUT2D eigenvalue weighted by atomic mass is 35.5. The molecule has 158 valence electrons. The van der Waals surface area contributed by atoms with Gasteiger partial charge in [-0.25, -0.2) is 0 Å². The van der Waals surface area contributed by atoms with Gasteiger partial charge in [-0.2, -0.15) is 0 Å². The quantitative estimate of drug-likeness (QED) is 0.423. The summed E-state index contributed by atoms with van der Waals surface area (Å²) in [6.07, 6.45) is 5.20. The van der Waals surface area contributed by atoms with Crippen LogP contribution in [0.4, 0.5) is 0 Å². The van der Waals surface area contributed by atoms with Gasteiger partial charge in [0.1, 0.15) is 0 Å². The summed E-state index contributed by atoms with van der Waals surface area (Å²) in [6, 6.07) is 19.4. The van der Waals surface area contributed by atoms with Crippen LogP contribution < -0.4 is 5.09 Å². The first-order valence-corrected chi connectivity index (χ1v) is 13.3. The van der Waals surface area contributed by atoms with Gasteiger partial charge in [0.15, 0.2) is 7.29 Å². The highest BCUT2D eigenvalue weighted by molar-refractivity contribution is 7.68. The van der Waals surface area contributed by atoms with Crippen LogP contribution >= 0.6 is 30.5 Å². The Labute approximate surface area is 189 Å². The molecule has 2 saturated carbocycles. The van der Waals surface area contributed by atoms with Crippen LogP contribution in [-0.2, 0) is 4.57 Å². The van der Waals surface area contributed by atoms with Gasteiger partial charge in [0.25, 0.3) is 0 Å². The maximum Gasteiger partial charge on any atom is 0.193 e. The lowest BCUT2D eigenvalue weighted by molar-refractivity contribution is 0.280. The molecule has 2 aliphatic carbocycles. The molecule has 2 aliphatic rings. The summed E-state index contributed by atoms with van der Waals surface area (Å²) in [7, 11) is -3.13. The molecular weight excluding hydrogens is 432 g/mol. The first kappa shape index (κ1) is 21.9. The van der Waals surface area contributed by atoms with Crippen molar-refractivity contribution >= 4 is 40.6 Å². The third-order valence-electron chi connectivity index (χ3n) is 6.55. The highest BCUT2D eigenvalue weighted by Gasteiger charge is 2.42. The maximum atomic E-state index is 14.1. The lowest BCUT2D eigenvalue weighted by atomic mass is 9.84. The fourth-order valence-corrected chi connectivity index (χ4v) is 8.26. The van der Waals surface area contributed by atoms with E-state index in [1.807, 2.05) is 60.7 Å². The molecule has 0 heterocycles. The Kier molecular flexibility index (Phi) is 6.90. The van der Waals surface area contributed by atoms with Gasteiger partial charge in [-0.1, -0.05) is 90.3 Å². The van der Waals surface area contributed by atoms with Crippen LogP contribution in [0.2, 0.25) is 0 Å². The number of hydrogen-bond donors (Lipinski definition) is 1. The van der Waals surface area contributed by atoms with E-state index in [0.29, 0.717) is 16.0 Å². The standard InChI is InChI=1S/C25H28Cl2NOP/c1-18(23-15-19-12-13-22(23)14-19)28-30(29,16-24(26)20-8-4-2-5-9-20)17-25(27)21-10-6-3-7-11-21/h2-11,16-19,22-23H,12-15H2,1H3,(H,28,29)/b24-16-,25-17-/t18-,19-,22-,23+/m0/s1. The Morgan fingerprint density at radius 3 is 1.90 bits per heavy atom. The summed E-state index contributed by atoms with van der Waals surface area (Å²) in [5, 5.41) is 4.40. The second kappa shape index (κ2) is 9.45. The number of hydrogen-bond acceptors (Lipinski definition) is 1. The van der Waals surface area contributed by atoms with Crippen LogP contribution in [0, 0.1) is 17.8 Å². The van der Waals surface area contributed by atoms with Crippen molar-refractivity contribution in [2.45, 2.75) is 38.6 Å². The van der Waals surface area contributed by atoms with Crippen molar-refractivity contribution in [3.05, 3.63) is 83.4 Å². The first-order chi connectivity index (χ1) is 14.4. The van der Waals surface area contributed by atoms with E-state index in [9.17, 15) is 4.57 Å². The maximum absolute atomic E-state index is 14.1. The third kappa shape index (κ3) is 5.11. The zero-order valence-electron chi connectivity index (χ0n) is 17.2. The monoisotopic (exact) mass is 459 g/mol. The zero-order valence-corrected chi connectivity index (χ0v) is 19.6. The Bertz CT molecular complexity index is 914. The Hall–Kier alpha value is -1.31. The first-order valence-electron chi connectivity index (χ1n) is 10.7. The van der Waals surface area contributed by atoms with Gasteiger partial charge in [0.2, 0.25) is 0 Å². The predicted molar refractivity (Wildman–Crippen MR) is 130 cm³/mol. The number of nitrogens with one attached hydrogen (secondary N) is 1. The number of benzene rings is 2. The van der Waals surface area contributed by atoms with Crippen LogP contribution in [0.3, 0.4) is 0 Å². The highest BCUT2D eigenvalue weighted by Crippen LogP contribution is 2.54. The fraction of sp³-hybridized carbons (Fsp3) is 0.360. The molecule has 0 unspecified atom stereocenters. The smallest absolute Gasteiger partial charge is 0.193 e. The molecule has 0 amide bonds. The average molecular weight is 460 g/mol.